The molecular weight excluding hydrogens is 136 g/mol. The van der Waals surface area contributed by atoms with Gasteiger partial charge in [0.25, 0.3) is 0 Å². The number of rotatable bonds is 1. The Hall–Kier alpha value is -0.420. The van der Waals surface area contributed by atoms with Gasteiger partial charge in [-0.2, -0.15) is 0 Å². The van der Waals surface area contributed by atoms with Gasteiger partial charge in [-0.1, -0.05) is 6.08 Å². The van der Waals surface area contributed by atoms with Crippen LogP contribution in [0.3, 0.4) is 0 Å². The average Bonchev–Trinajstić information content (AvgIpc) is 1.94. The topological polar surface area (TPSA) is 69.9 Å². The minimum Gasteiger partial charge on any atom is -0.394 e. The SMILES string of the molecule is OC[C@H]1OC(O)C=C[C@H]1O. The lowest BCUT2D eigenvalue weighted by molar-refractivity contribution is -0.154. The van der Waals surface area contributed by atoms with Gasteiger partial charge in [0, 0.05) is 0 Å². The second-order valence-corrected chi connectivity index (χ2v) is 2.12. The van der Waals surface area contributed by atoms with Crippen molar-refractivity contribution in [3.8, 4) is 0 Å². The Balaban J connectivity index is 2.53. The summed E-state index contributed by atoms with van der Waals surface area (Å²) in [6.07, 6.45) is 0.222. The number of hydrogen-bond acceptors (Lipinski definition) is 4. The van der Waals surface area contributed by atoms with E-state index >= 15 is 0 Å². The molecule has 1 rings (SSSR count). The zero-order chi connectivity index (χ0) is 7.56. The van der Waals surface area contributed by atoms with E-state index in [9.17, 15) is 0 Å². The summed E-state index contributed by atoms with van der Waals surface area (Å²) >= 11 is 0. The highest BCUT2D eigenvalue weighted by Gasteiger charge is 2.23. The number of aliphatic hydroxyl groups excluding tert-OH is 3. The maximum atomic E-state index is 9.00. The summed E-state index contributed by atoms with van der Waals surface area (Å²) in [5.74, 6) is 0. The molecule has 0 radical (unpaired) electrons. The van der Waals surface area contributed by atoms with E-state index < -0.39 is 18.5 Å². The summed E-state index contributed by atoms with van der Waals surface area (Å²) in [5.41, 5.74) is 0. The van der Waals surface area contributed by atoms with Crippen molar-refractivity contribution in [2.45, 2.75) is 18.5 Å². The van der Waals surface area contributed by atoms with Crippen molar-refractivity contribution in [3.05, 3.63) is 12.2 Å². The molecule has 0 spiro atoms. The van der Waals surface area contributed by atoms with Crippen LogP contribution in [-0.4, -0.2) is 40.4 Å². The first-order chi connectivity index (χ1) is 4.74. The standard InChI is InChI=1S/C6H10O4/c7-3-5-4(8)1-2-6(9)10-5/h1-2,4-9H,3H2/t4-,5-,6?/m1/s1. The van der Waals surface area contributed by atoms with Gasteiger partial charge in [-0.3, -0.25) is 0 Å². The molecule has 1 aliphatic rings. The Morgan fingerprint density at radius 1 is 1.30 bits per heavy atom. The third-order valence-electron chi connectivity index (χ3n) is 1.35. The molecule has 3 N–H and O–H groups in total. The van der Waals surface area contributed by atoms with Crippen molar-refractivity contribution in [1.29, 1.82) is 0 Å². The lowest BCUT2D eigenvalue weighted by atomic mass is 10.1. The van der Waals surface area contributed by atoms with Crippen LogP contribution in [0, 0.1) is 0 Å². The summed E-state index contributed by atoms with van der Waals surface area (Å²) in [7, 11) is 0. The van der Waals surface area contributed by atoms with Crippen LogP contribution in [0.1, 0.15) is 0 Å². The van der Waals surface area contributed by atoms with Crippen LogP contribution < -0.4 is 0 Å². The highest BCUT2D eigenvalue weighted by molar-refractivity contribution is 4.98. The smallest absolute Gasteiger partial charge is 0.174 e. The number of ether oxygens (including phenoxy) is 1. The minimum atomic E-state index is -0.999. The third-order valence-corrected chi connectivity index (χ3v) is 1.35. The van der Waals surface area contributed by atoms with Crippen LogP contribution >= 0.6 is 0 Å². The van der Waals surface area contributed by atoms with Crippen LogP contribution in [0.2, 0.25) is 0 Å². The first-order valence-electron chi connectivity index (χ1n) is 3.05. The zero-order valence-electron chi connectivity index (χ0n) is 5.34. The molecule has 0 saturated heterocycles. The van der Waals surface area contributed by atoms with Crippen molar-refractivity contribution in [2.24, 2.45) is 0 Å². The second kappa shape index (κ2) is 3.12. The lowest BCUT2D eigenvalue weighted by Gasteiger charge is -2.24. The molecular formula is C6H10O4. The van der Waals surface area contributed by atoms with Gasteiger partial charge >= 0.3 is 0 Å². The van der Waals surface area contributed by atoms with Crippen molar-refractivity contribution >= 4 is 0 Å². The van der Waals surface area contributed by atoms with E-state index in [1.54, 1.807) is 0 Å². The summed E-state index contributed by atoms with van der Waals surface area (Å²) < 4.78 is 4.72. The van der Waals surface area contributed by atoms with E-state index in [4.69, 9.17) is 20.1 Å². The molecule has 0 aromatic carbocycles. The molecule has 1 aliphatic heterocycles. The summed E-state index contributed by atoms with van der Waals surface area (Å²) in [5, 5.41) is 26.4. The molecule has 3 atom stereocenters. The molecule has 4 heteroatoms. The molecule has 10 heavy (non-hydrogen) atoms. The molecule has 0 aliphatic carbocycles. The van der Waals surface area contributed by atoms with E-state index in [0.29, 0.717) is 0 Å². The Morgan fingerprint density at radius 3 is 2.50 bits per heavy atom. The molecule has 1 heterocycles. The summed E-state index contributed by atoms with van der Waals surface area (Å²) in [4.78, 5) is 0. The van der Waals surface area contributed by atoms with Gasteiger partial charge in [-0.05, 0) is 6.08 Å². The Labute approximate surface area is 58.4 Å². The van der Waals surface area contributed by atoms with Gasteiger partial charge in [0.05, 0.1) is 6.61 Å². The van der Waals surface area contributed by atoms with Crippen LogP contribution in [0.15, 0.2) is 12.2 Å². The largest absolute Gasteiger partial charge is 0.394 e. The second-order valence-electron chi connectivity index (χ2n) is 2.12. The molecule has 58 valence electrons. The molecule has 0 aromatic rings. The van der Waals surface area contributed by atoms with Gasteiger partial charge in [-0.15, -0.1) is 0 Å². The van der Waals surface area contributed by atoms with Crippen LogP contribution in [-0.2, 0) is 4.74 Å². The van der Waals surface area contributed by atoms with Gasteiger partial charge in [0.1, 0.15) is 12.2 Å². The average molecular weight is 146 g/mol. The first-order valence-corrected chi connectivity index (χ1v) is 3.05. The molecule has 0 saturated carbocycles. The zero-order valence-corrected chi connectivity index (χ0v) is 5.34. The van der Waals surface area contributed by atoms with Crippen LogP contribution in [0.25, 0.3) is 0 Å². The van der Waals surface area contributed by atoms with Gasteiger partial charge in [-0.25, -0.2) is 0 Å². The van der Waals surface area contributed by atoms with Crippen LogP contribution in [0.5, 0.6) is 0 Å². The first kappa shape index (κ1) is 7.68. The molecule has 0 fully saturated rings. The molecule has 4 nitrogen and oxygen atoms in total. The third kappa shape index (κ3) is 1.54. The number of aliphatic hydroxyl groups is 3. The summed E-state index contributed by atoms with van der Waals surface area (Å²) in [6, 6.07) is 0. The lowest BCUT2D eigenvalue weighted by Crippen LogP contribution is -2.37. The van der Waals surface area contributed by atoms with Crippen molar-refractivity contribution in [1.82, 2.24) is 0 Å². The van der Waals surface area contributed by atoms with Crippen molar-refractivity contribution in [3.63, 3.8) is 0 Å². The number of hydrogen-bond donors (Lipinski definition) is 3. The normalized spacial score (nSPS) is 40.1. The van der Waals surface area contributed by atoms with E-state index in [-0.39, 0.29) is 6.61 Å². The predicted octanol–water partition coefficient (Wildman–Crippen LogP) is -1.39. The van der Waals surface area contributed by atoms with Crippen LogP contribution in [0.4, 0.5) is 0 Å². The molecule has 1 unspecified atom stereocenters. The monoisotopic (exact) mass is 146 g/mol. The minimum absolute atomic E-state index is 0.289. The Bertz CT molecular complexity index is 134. The van der Waals surface area contributed by atoms with Gasteiger partial charge in [0.2, 0.25) is 0 Å². The van der Waals surface area contributed by atoms with Gasteiger partial charge < -0.3 is 20.1 Å². The highest BCUT2D eigenvalue weighted by Crippen LogP contribution is 2.10. The summed E-state index contributed by atoms with van der Waals surface area (Å²) in [6.45, 7) is -0.289. The maximum Gasteiger partial charge on any atom is 0.174 e. The highest BCUT2D eigenvalue weighted by atomic mass is 16.6. The Morgan fingerprint density at radius 2 is 2.00 bits per heavy atom. The molecule has 0 bridgehead atoms. The fraction of sp³-hybridized carbons (Fsp3) is 0.667. The van der Waals surface area contributed by atoms with Gasteiger partial charge in [0.15, 0.2) is 6.29 Å². The fourth-order valence-electron chi connectivity index (χ4n) is 0.789. The maximum absolute atomic E-state index is 9.00. The quantitative estimate of drug-likeness (QED) is 0.398. The van der Waals surface area contributed by atoms with Crippen molar-refractivity contribution in [2.75, 3.05) is 6.61 Å². The molecule has 0 amide bonds. The van der Waals surface area contributed by atoms with E-state index in [0.717, 1.165) is 0 Å². The van der Waals surface area contributed by atoms with E-state index in [1.807, 2.05) is 0 Å². The predicted molar refractivity (Wildman–Crippen MR) is 33.1 cm³/mol. The Kier molecular flexibility index (Phi) is 2.39. The molecule has 0 aromatic heterocycles. The van der Waals surface area contributed by atoms with E-state index in [2.05, 4.69) is 0 Å². The fourth-order valence-corrected chi connectivity index (χ4v) is 0.789. The van der Waals surface area contributed by atoms with Crippen molar-refractivity contribution < 1.29 is 20.1 Å². The van der Waals surface area contributed by atoms with E-state index in [1.165, 1.54) is 12.2 Å².